The lowest BCUT2D eigenvalue weighted by Crippen LogP contribution is -2.08. The number of rotatable bonds is 6. The summed E-state index contributed by atoms with van der Waals surface area (Å²) in [5.74, 6) is 2.75. The molecule has 0 fully saturated rings. The van der Waals surface area contributed by atoms with Gasteiger partial charge in [-0.25, -0.2) is 15.0 Å². The van der Waals surface area contributed by atoms with Gasteiger partial charge >= 0.3 is 0 Å². The molecule has 0 aliphatic heterocycles. The van der Waals surface area contributed by atoms with E-state index in [2.05, 4.69) is 20.3 Å². The molecule has 1 N–H and O–H groups in total. The maximum atomic E-state index is 5.50. The van der Waals surface area contributed by atoms with E-state index in [1.54, 1.807) is 12.3 Å². The molecule has 0 saturated heterocycles. The zero-order chi connectivity index (χ0) is 13.7. The summed E-state index contributed by atoms with van der Waals surface area (Å²) in [6.07, 6.45) is 4.13. The van der Waals surface area contributed by atoms with Crippen LogP contribution in [0.4, 0.5) is 5.82 Å². The van der Waals surface area contributed by atoms with E-state index in [9.17, 15) is 0 Å². The Morgan fingerprint density at radius 1 is 1.32 bits per heavy atom. The number of aryl methyl sites for hydroxylation is 1. The van der Waals surface area contributed by atoms with E-state index in [-0.39, 0.29) is 6.10 Å². The van der Waals surface area contributed by atoms with E-state index in [0.717, 1.165) is 12.2 Å². The summed E-state index contributed by atoms with van der Waals surface area (Å²) in [5, 5.41) is 3.12. The first-order valence-corrected chi connectivity index (χ1v) is 6.33. The Balaban J connectivity index is 1.95. The molecule has 0 spiro atoms. The predicted molar refractivity (Wildman–Crippen MR) is 71.0 cm³/mol. The SMILES string of the molecule is CCc1cnc(CNc2cc(OC(C)C)ncn2)o1. The molecule has 0 atom stereocenters. The summed E-state index contributed by atoms with van der Waals surface area (Å²) in [6, 6.07) is 1.75. The largest absolute Gasteiger partial charge is 0.475 e. The van der Waals surface area contributed by atoms with E-state index in [4.69, 9.17) is 9.15 Å². The normalized spacial score (nSPS) is 10.7. The first-order valence-electron chi connectivity index (χ1n) is 6.33. The minimum Gasteiger partial charge on any atom is -0.475 e. The highest BCUT2D eigenvalue weighted by atomic mass is 16.5. The molecule has 0 amide bonds. The second-order valence-electron chi connectivity index (χ2n) is 4.34. The Morgan fingerprint density at radius 2 is 2.16 bits per heavy atom. The summed E-state index contributed by atoms with van der Waals surface area (Å²) in [4.78, 5) is 12.3. The fourth-order valence-electron chi connectivity index (χ4n) is 1.50. The highest BCUT2D eigenvalue weighted by Crippen LogP contribution is 2.13. The number of anilines is 1. The molecule has 2 heterocycles. The minimum absolute atomic E-state index is 0.0848. The van der Waals surface area contributed by atoms with E-state index in [1.807, 2.05) is 20.8 Å². The van der Waals surface area contributed by atoms with Gasteiger partial charge in [0.1, 0.15) is 17.9 Å². The second kappa shape index (κ2) is 6.17. The fraction of sp³-hybridized carbons (Fsp3) is 0.462. The maximum absolute atomic E-state index is 5.50. The molecular weight excluding hydrogens is 244 g/mol. The Bertz CT molecular complexity index is 525. The number of hydrogen-bond acceptors (Lipinski definition) is 6. The summed E-state index contributed by atoms with van der Waals surface area (Å²) >= 11 is 0. The van der Waals surface area contributed by atoms with Gasteiger partial charge in [0.2, 0.25) is 11.8 Å². The van der Waals surface area contributed by atoms with Crippen molar-refractivity contribution in [1.29, 1.82) is 0 Å². The van der Waals surface area contributed by atoms with Gasteiger partial charge in [-0.15, -0.1) is 0 Å². The molecule has 0 aliphatic rings. The number of nitrogens with zero attached hydrogens (tertiary/aromatic N) is 3. The van der Waals surface area contributed by atoms with Crippen molar-refractivity contribution < 1.29 is 9.15 Å². The van der Waals surface area contributed by atoms with Crippen molar-refractivity contribution in [2.75, 3.05) is 5.32 Å². The molecule has 0 bridgehead atoms. The Labute approximate surface area is 112 Å². The first-order chi connectivity index (χ1) is 9.17. The zero-order valence-electron chi connectivity index (χ0n) is 11.4. The molecule has 2 aromatic heterocycles. The van der Waals surface area contributed by atoms with Gasteiger partial charge in [-0.3, -0.25) is 0 Å². The van der Waals surface area contributed by atoms with Crippen molar-refractivity contribution in [2.45, 2.75) is 39.8 Å². The number of hydrogen-bond donors (Lipinski definition) is 1. The standard InChI is InChI=1S/C13H18N4O2/c1-4-10-6-15-13(19-10)7-14-11-5-12(17-8-16-11)18-9(2)3/h5-6,8-9H,4,7H2,1-3H3,(H,14,16,17). The zero-order valence-corrected chi connectivity index (χ0v) is 11.4. The van der Waals surface area contributed by atoms with Crippen LogP contribution in [0, 0.1) is 0 Å². The van der Waals surface area contributed by atoms with Crippen molar-refractivity contribution in [2.24, 2.45) is 0 Å². The number of oxazole rings is 1. The van der Waals surface area contributed by atoms with Crippen LogP contribution >= 0.6 is 0 Å². The minimum atomic E-state index is 0.0848. The van der Waals surface area contributed by atoms with Gasteiger partial charge in [0, 0.05) is 12.5 Å². The third-order valence-electron chi connectivity index (χ3n) is 2.37. The lowest BCUT2D eigenvalue weighted by molar-refractivity contribution is 0.232. The smallest absolute Gasteiger partial charge is 0.218 e. The van der Waals surface area contributed by atoms with Crippen molar-refractivity contribution in [3.8, 4) is 5.88 Å². The van der Waals surface area contributed by atoms with E-state index in [1.165, 1.54) is 6.33 Å². The molecule has 0 unspecified atom stereocenters. The molecule has 2 aromatic rings. The van der Waals surface area contributed by atoms with Gasteiger partial charge in [0.15, 0.2) is 0 Å². The second-order valence-corrected chi connectivity index (χ2v) is 4.34. The quantitative estimate of drug-likeness (QED) is 0.862. The van der Waals surface area contributed by atoms with Crippen molar-refractivity contribution in [3.05, 3.63) is 30.2 Å². The third-order valence-corrected chi connectivity index (χ3v) is 2.37. The van der Waals surface area contributed by atoms with Crippen LogP contribution in [0.1, 0.15) is 32.4 Å². The third kappa shape index (κ3) is 3.94. The van der Waals surface area contributed by atoms with Crippen LogP contribution in [0.25, 0.3) is 0 Å². The fourth-order valence-corrected chi connectivity index (χ4v) is 1.50. The number of aromatic nitrogens is 3. The van der Waals surface area contributed by atoms with Gasteiger partial charge in [-0.2, -0.15) is 0 Å². The van der Waals surface area contributed by atoms with Gasteiger partial charge in [0.25, 0.3) is 0 Å². The van der Waals surface area contributed by atoms with Crippen LogP contribution in [0.15, 0.2) is 23.0 Å². The van der Waals surface area contributed by atoms with Gasteiger partial charge < -0.3 is 14.5 Å². The van der Waals surface area contributed by atoms with Crippen LogP contribution < -0.4 is 10.1 Å². The average molecular weight is 262 g/mol. The highest BCUT2D eigenvalue weighted by molar-refractivity contribution is 5.37. The van der Waals surface area contributed by atoms with Crippen LogP contribution in [0.2, 0.25) is 0 Å². The van der Waals surface area contributed by atoms with Gasteiger partial charge in [-0.05, 0) is 13.8 Å². The Kier molecular flexibility index (Phi) is 4.33. The molecule has 0 radical (unpaired) electrons. The average Bonchev–Trinajstić information content (AvgIpc) is 2.84. The topological polar surface area (TPSA) is 73.1 Å². The van der Waals surface area contributed by atoms with Crippen LogP contribution in [0.3, 0.4) is 0 Å². The molecule has 6 heteroatoms. The van der Waals surface area contributed by atoms with Crippen molar-refractivity contribution >= 4 is 5.82 Å². The number of ether oxygens (including phenoxy) is 1. The molecule has 0 aromatic carbocycles. The van der Waals surface area contributed by atoms with Crippen molar-refractivity contribution in [3.63, 3.8) is 0 Å². The molecule has 19 heavy (non-hydrogen) atoms. The number of nitrogens with one attached hydrogen (secondary N) is 1. The van der Waals surface area contributed by atoms with E-state index in [0.29, 0.717) is 24.1 Å². The monoisotopic (exact) mass is 262 g/mol. The van der Waals surface area contributed by atoms with Crippen LogP contribution in [-0.2, 0) is 13.0 Å². The summed E-state index contributed by atoms with van der Waals surface area (Å²) in [5.41, 5.74) is 0. The van der Waals surface area contributed by atoms with Crippen LogP contribution in [-0.4, -0.2) is 21.1 Å². The molecule has 102 valence electrons. The lowest BCUT2D eigenvalue weighted by Gasteiger charge is -2.09. The van der Waals surface area contributed by atoms with E-state index >= 15 is 0 Å². The molecule has 0 aliphatic carbocycles. The molecule has 2 rings (SSSR count). The first kappa shape index (κ1) is 13.3. The molecular formula is C13H18N4O2. The highest BCUT2D eigenvalue weighted by Gasteiger charge is 2.05. The maximum Gasteiger partial charge on any atom is 0.218 e. The van der Waals surface area contributed by atoms with Gasteiger partial charge in [-0.1, -0.05) is 6.92 Å². The van der Waals surface area contributed by atoms with Crippen LogP contribution in [0.5, 0.6) is 5.88 Å². The Hall–Kier alpha value is -2.11. The van der Waals surface area contributed by atoms with E-state index < -0.39 is 0 Å². The molecule has 6 nitrogen and oxygen atoms in total. The predicted octanol–water partition coefficient (Wildman–Crippen LogP) is 2.43. The summed E-state index contributed by atoms with van der Waals surface area (Å²) in [7, 11) is 0. The summed E-state index contributed by atoms with van der Waals surface area (Å²) in [6.45, 7) is 6.41. The van der Waals surface area contributed by atoms with Crippen molar-refractivity contribution in [1.82, 2.24) is 15.0 Å². The summed E-state index contributed by atoms with van der Waals surface area (Å²) < 4.78 is 11.0. The lowest BCUT2D eigenvalue weighted by atomic mass is 10.4. The van der Waals surface area contributed by atoms with Gasteiger partial charge in [0.05, 0.1) is 18.8 Å². The molecule has 0 saturated carbocycles. The Morgan fingerprint density at radius 3 is 2.84 bits per heavy atom.